The number of hydrogen-bond donors (Lipinski definition) is 2. The van der Waals surface area contributed by atoms with Gasteiger partial charge in [0, 0.05) is 21.7 Å². The van der Waals surface area contributed by atoms with E-state index in [2.05, 4.69) is 34.8 Å². The SMILES string of the molecule is COc1cc(Br)cc(C=NC[C@]2(O)CC[C@@H]3[C@@H]4CC[C@@H]5CCCC[C@]5(C)[C@H]4CC[C@@]32C)c1O. The summed E-state index contributed by atoms with van der Waals surface area (Å²) in [6, 6.07) is 3.57. The topological polar surface area (TPSA) is 62.0 Å². The number of phenols is 1. The van der Waals surface area contributed by atoms with Crippen LogP contribution in [0, 0.1) is 34.5 Å². The van der Waals surface area contributed by atoms with Gasteiger partial charge in [-0.3, -0.25) is 4.99 Å². The zero-order valence-corrected chi connectivity index (χ0v) is 22.0. The highest BCUT2D eigenvalue weighted by molar-refractivity contribution is 9.10. The Labute approximate surface area is 207 Å². The molecule has 1 aromatic carbocycles. The van der Waals surface area contributed by atoms with Gasteiger partial charge in [-0.1, -0.05) is 42.6 Å². The Bertz CT molecular complexity index is 934. The van der Waals surface area contributed by atoms with Crippen molar-refractivity contribution in [2.45, 2.75) is 83.7 Å². The third-order valence-electron chi connectivity index (χ3n) is 10.8. The molecule has 33 heavy (non-hydrogen) atoms. The van der Waals surface area contributed by atoms with Gasteiger partial charge in [-0.2, -0.15) is 0 Å². The molecule has 4 aliphatic rings. The van der Waals surface area contributed by atoms with Crippen LogP contribution in [0.5, 0.6) is 11.5 Å². The predicted molar refractivity (Wildman–Crippen MR) is 136 cm³/mol. The normalized spacial score (nSPS) is 42.6. The number of aromatic hydroxyl groups is 1. The summed E-state index contributed by atoms with van der Waals surface area (Å²) in [7, 11) is 1.54. The van der Waals surface area contributed by atoms with E-state index < -0.39 is 5.60 Å². The van der Waals surface area contributed by atoms with Crippen molar-refractivity contribution in [3.05, 3.63) is 22.2 Å². The molecule has 0 aromatic heterocycles. The van der Waals surface area contributed by atoms with Crippen molar-refractivity contribution in [1.29, 1.82) is 0 Å². The fourth-order valence-corrected chi connectivity index (χ4v) is 9.26. The van der Waals surface area contributed by atoms with E-state index >= 15 is 0 Å². The highest BCUT2D eigenvalue weighted by atomic mass is 79.9. The van der Waals surface area contributed by atoms with E-state index in [-0.39, 0.29) is 11.2 Å². The van der Waals surface area contributed by atoms with Crippen molar-refractivity contribution >= 4 is 22.1 Å². The van der Waals surface area contributed by atoms with Gasteiger partial charge in [0.15, 0.2) is 11.5 Å². The second kappa shape index (κ2) is 8.55. The number of rotatable bonds is 4. The minimum Gasteiger partial charge on any atom is -0.504 e. The number of halogens is 1. The van der Waals surface area contributed by atoms with Crippen LogP contribution in [0.1, 0.15) is 83.6 Å². The number of ether oxygens (including phenoxy) is 1. The lowest BCUT2D eigenvalue weighted by Crippen LogP contribution is -2.56. The molecule has 1 aromatic rings. The lowest BCUT2D eigenvalue weighted by Gasteiger charge is -2.61. The number of methoxy groups -OCH3 is 1. The quantitative estimate of drug-likeness (QED) is 0.434. The van der Waals surface area contributed by atoms with Crippen LogP contribution in [-0.4, -0.2) is 35.7 Å². The molecule has 4 fully saturated rings. The average Bonchev–Trinajstić information content (AvgIpc) is 3.06. The highest BCUT2D eigenvalue weighted by Gasteiger charge is 2.64. The Morgan fingerprint density at radius 1 is 1.06 bits per heavy atom. The van der Waals surface area contributed by atoms with Gasteiger partial charge in [-0.25, -0.2) is 0 Å². The maximum atomic E-state index is 11.9. The molecule has 7 atom stereocenters. The van der Waals surface area contributed by atoms with Gasteiger partial charge in [0.2, 0.25) is 0 Å². The van der Waals surface area contributed by atoms with Crippen LogP contribution >= 0.6 is 15.9 Å². The number of aliphatic hydroxyl groups is 1. The third kappa shape index (κ3) is 3.67. The highest BCUT2D eigenvalue weighted by Crippen LogP contribution is 2.68. The molecule has 5 rings (SSSR count). The maximum Gasteiger partial charge on any atom is 0.166 e. The first-order valence-corrected chi connectivity index (χ1v) is 13.8. The molecular formula is C28H40BrNO3. The van der Waals surface area contributed by atoms with E-state index in [0.29, 0.717) is 29.2 Å². The molecule has 0 bridgehead atoms. The molecule has 0 aliphatic heterocycles. The van der Waals surface area contributed by atoms with Crippen LogP contribution in [0.3, 0.4) is 0 Å². The van der Waals surface area contributed by atoms with Gasteiger partial charge in [-0.15, -0.1) is 0 Å². The Balaban J connectivity index is 1.35. The summed E-state index contributed by atoms with van der Waals surface area (Å²) in [6.07, 6.45) is 14.5. The molecule has 0 amide bonds. The van der Waals surface area contributed by atoms with E-state index in [1.165, 1.54) is 44.9 Å². The first-order valence-electron chi connectivity index (χ1n) is 13.0. The van der Waals surface area contributed by atoms with E-state index in [0.717, 1.165) is 41.5 Å². The molecular weight excluding hydrogens is 478 g/mol. The van der Waals surface area contributed by atoms with Crippen LogP contribution in [-0.2, 0) is 0 Å². The number of hydrogen-bond acceptors (Lipinski definition) is 4. The summed E-state index contributed by atoms with van der Waals surface area (Å²) in [6.45, 7) is 5.36. The number of benzene rings is 1. The van der Waals surface area contributed by atoms with Gasteiger partial charge in [0.25, 0.3) is 0 Å². The zero-order chi connectivity index (χ0) is 23.4. The molecule has 4 aliphatic carbocycles. The van der Waals surface area contributed by atoms with E-state index in [1.807, 2.05) is 6.07 Å². The van der Waals surface area contributed by atoms with Crippen molar-refractivity contribution in [3.63, 3.8) is 0 Å². The van der Waals surface area contributed by atoms with Crippen LogP contribution in [0.15, 0.2) is 21.6 Å². The summed E-state index contributed by atoms with van der Waals surface area (Å²) in [5, 5.41) is 22.4. The van der Waals surface area contributed by atoms with Gasteiger partial charge < -0.3 is 14.9 Å². The first-order chi connectivity index (χ1) is 15.7. The molecule has 0 saturated heterocycles. The fraction of sp³-hybridized carbons (Fsp3) is 0.750. The van der Waals surface area contributed by atoms with Gasteiger partial charge in [-0.05, 0) is 92.6 Å². The van der Waals surface area contributed by atoms with Gasteiger partial charge in [0.1, 0.15) is 0 Å². The Morgan fingerprint density at radius 3 is 2.64 bits per heavy atom. The summed E-state index contributed by atoms with van der Waals surface area (Å²) >= 11 is 3.47. The Morgan fingerprint density at radius 2 is 1.85 bits per heavy atom. The van der Waals surface area contributed by atoms with Gasteiger partial charge in [0.05, 0.1) is 19.3 Å². The average molecular weight is 519 g/mol. The first kappa shape index (κ1) is 23.7. The van der Waals surface area contributed by atoms with Crippen LogP contribution in [0.4, 0.5) is 0 Å². The monoisotopic (exact) mass is 517 g/mol. The molecule has 0 heterocycles. The molecule has 182 valence electrons. The van der Waals surface area contributed by atoms with E-state index in [4.69, 9.17) is 4.74 Å². The van der Waals surface area contributed by atoms with E-state index in [9.17, 15) is 10.2 Å². The lowest BCUT2D eigenvalue weighted by molar-refractivity contribution is -0.147. The fourth-order valence-electron chi connectivity index (χ4n) is 8.81. The Hall–Kier alpha value is -1.07. The number of nitrogens with zero attached hydrogens (tertiary/aromatic N) is 1. The molecule has 4 nitrogen and oxygen atoms in total. The molecule has 0 spiro atoms. The van der Waals surface area contributed by atoms with Crippen molar-refractivity contribution in [2.75, 3.05) is 13.7 Å². The summed E-state index contributed by atoms with van der Waals surface area (Å²) in [5.41, 5.74) is 0.297. The van der Waals surface area contributed by atoms with Crippen molar-refractivity contribution in [2.24, 2.45) is 39.5 Å². The van der Waals surface area contributed by atoms with Crippen LogP contribution in [0.25, 0.3) is 0 Å². The molecule has 4 saturated carbocycles. The lowest BCUT2D eigenvalue weighted by atomic mass is 9.44. The second-order valence-electron chi connectivity index (χ2n) is 11.9. The molecule has 0 radical (unpaired) electrons. The summed E-state index contributed by atoms with van der Waals surface area (Å²) < 4.78 is 6.09. The minimum absolute atomic E-state index is 0.0691. The van der Waals surface area contributed by atoms with Crippen molar-refractivity contribution < 1.29 is 14.9 Å². The van der Waals surface area contributed by atoms with Crippen LogP contribution < -0.4 is 4.74 Å². The molecule has 0 unspecified atom stereocenters. The second-order valence-corrected chi connectivity index (χ2v) is 12.9. The maximum absolute atomic E-state index is 11.9. The van der Waals surface area contributed by atoms with Crippen LogP contribution in [0.2, 0.25) is 0 Å². The summed E-state index contributed by atoms with van der Waals surface area (Å²) in [5.74, 6) is 3.64. The smallest absolute Gasteiger partial charge is 0.166 e. The number of fused-ring (bicyclic) bond motifs is 5. The molecule has 2 N–H and O–H groups in total. The predicted octanol–water partition coefficient (Wildman–Crippen LogP) is 6.75. The number of phenolic OH excluding ortho intramolecular Hbond substituents is 1. The minimum atomic E-state index is -0.769. The van der Waals surface area contributed by atoms with Gasteiger partial charge >= 0.3 is 0 Å². The Kier molecular flexibility index (Phi) is 6.13. The third-order valence-corrected chi connectivity index (χ3v) is 11.2. The molecule has 5 heteroatoms. The zero-order valence-electron chi connectivity index (χ0n) is 20.4. The van der Waals surface area contributed by atoms with Crippen molar-refractivity contribution in [1.82, 2.24) is 0 Å². The number of aliphatic imine (C=N–C) groups is 1. The van der Waals surface area contributed by atoms with E-state index in [1.54, 1.807) is 19.4 Å². The van der Waals surface area contributed by atoms with Crippen molar-refractivity contribution in [3.8, 4) is 11.5 Å². The summed E-state index contributed by atoms with van der Waals surface area (Å²) in [4.78, 5) is 4.68. The largest absolute Gasteiger partial charge is 0.504 e. The standard InChI is InChI=1S/C28H40BrNO3/c1-26-11-5-4-6-19(26)7-8-21-22(26)9-12-27(2)23(21)10-13-28(27,32)17-30-16-18-14-20(29)15-24(33-3)25(18)31/h14-16,19,21-23,31-32H,4-13,17H2,1-3H3/t19-,21+,22-,23+,26-,27-,28+/m0/s1.